The van der Waals surface area contributed by atoms with Crippen LogP contribution in [0.15, 0.2) is 4.51 Å². The highest BCUT2D eigenvalue weighted by atomic mass is 35.5. The topological polar surface area (TPSA) is 29.4 Å². The molecule has 0 amide bonds. The molecule has 9 heavy (non-hydrogen) atoms. The van der Waals surface area contributed by atoms with Crippen molar-refractivity contribution in [3.63, 3.8) is 0 Å². The first kappa shape index (κ1) is 6.75. The summed E-state index contributed by atoms with van der Waals surface area (Å²) in [6.45, 7) is 0. The number of carbonyl (C=O) groups excluding carboxylic acids is 1. The first-order valence-electron chi connectivity index (χ1n) is 3.01. The summed E-state index contributed by atoms with van der Waals surface area (Å²) < 4.78 is 3.52. The van der Waals surface area contributed by atoms with Crippen molar-refractivity contribution in [3.05, 3.63) is 0 Å². The van der Waals surface area contributed by atoms with E-state index in [0.717, 1.165) is 18.6 Å². The predicted octanol–water partition coefficient (Wildman–Crippen LogP) is 1.72. The highest BCUT2D eigenvalue weighted by Gasteiger charge is 2.12. The molecule has 0 spiro atoms. The molecule has 1 aliphatic rings. The summed E-state index contributed by atoms with van der Waals surface area (Å²) in [5.41, 5.74) is 0.969. The second-order valence-corrected chi connectivity index (χ2v) is 2.36. The van der Waals surface area contributed by atoms with Gasteiger partial charge in [-0.2, -0.15) is 4.51 Å². The molecule has 0 aromatic rings. The van der Waals surface area contributed by atoms with Gasteiger partial charge in [0.05, 0.1) is 0 Å². The van der Waals surface area contributed by atoms with Gasteiger partial charge >= 0.3 is 0 Å². The van der Waals surface area contributed by atoms with Crippen LogP contribution in [0, 0.1) is 0 Å². The van der Waals surface area contributed by atoms with Crippen molar-refractivity contribution < 1.29 is 4.79 Å². The zero-order valence-corrected chi connectivity index (χ0v) is 5.82. The Morgan fingerprint density at radius 1 is 1.22 bits per heavy atom. The quantitative estimate of drug-likeness (QED) is 0.511. The molecule has 0 atom stereocenters. The molecule has 0 bridgehead atoms. The van der Waals surface area contributed by atoms with Gasteiger partial charge in [-0.25, -0.2) is 0 Å². The molecule has 50 valence electrons. The van der Waals surface area contributed by atoms with Gasteiger partial charge in [0.25, 0.3) is 0 Å². The molecule has 2 nitrogen and oxygen atoms in total. The number of hydrogen-bond donors (Lipinski definition) is 0. The largest absolute Gasteiger partial charge is 0.300 e. The maximum Gasteiger partial charge on any atom is 0.133 e. The van der Waals surface area contributed by atoms with Gasteiger partial charge in [-0.05, 0) is 12.8 Å². The minimum absolute atomic E-state index is 0.332. The van der Waals surface area contributed by atoms with E-state index in [0.29, 0.717) is 18.6 Å². The first-order valence-corrected chi connectivity index (χ1v) is 3.35. The molecule has 0 unspecified atom stereocenters. The van der Waals surface area contributed by atoms with E-state index in [1.54, 1.807) is 0 Å². The van der Waals surface area contributed by atoms with Crippen molar-refractivity contribution in [2.75, 3.05) is 0 Å². The van der Waals surface area contributed by atoms with Gasteiger partial charge in [0.1, 0.15) is 5.78 Å². The molecule has 1 saturated carbocycles. The summed E-state index contributed by atoms with van der Waals surface area (Å²) in [6.07, 6.45) is 2.79. The molecule has 1 rings (SSSR count). The summed E-state index contributed by atoms with van der Waals surface area (Å²) in [4.78, 5) is 10.6. The molecule has 0 radical (unpaired) electrons. The van der Waals surface area contributed by atoms with E-state index in [2.05, 4.69) is 4.51 Å². The van der Waals surface area contributed by atoms with Crippen molar-refractivity contribution in [3.8, 4) is 0 Å². The maximum absolute atomic E-state index is 10.6. The van der Waals surface area contributed by atoms with Crippen molar-refractivity contribution in [1.82, 2.24) is 0 Å². The summed E-state index contributed by atoms with van der Waals surface area (Å²) in [7, 11) is 0. The second kappa shape index (κ2) is 2.97. The van der Waals surface area contributed by atoms with Crippen LogP contribution in [0.3, 0.4) is 0 Å². The molecule has 3 heteroatoms. The Balaban J connectivity index is 2.44. The average Bonchev–Trinajstić information content (AvgIpc) is 1.90. The summed E-state index contributed by atoms with van der Waals surface area (Å²) in [5.74, 6) is 0.332. The van der Waals surface area contributed by atoms with Gasteiger partial charge in [-0.15, -0.1) is 0 Å². The molecule has 1 aliphatic carbocycles. The van der Waals surface area contributed by atoms with Crippen molar-refractivity contribution >= 4 is 23.3 Å². The second-order valence-electron chi connectivity index (χ2n) is 2.19. The highest BCUT2D eigenvalue weighted by molar-refractivity contribution is 6.20. The van der Waals surface area contributed by atoms with Crippen LogP contribution in [0.4, 0.5) is 0 Å². The number of rotatable bonds is 0. The third-order valence-corrected chi connectivity index (χ3v) is 1.74. The van der Waals surface area contributed by atoms with Crippen LogP contribution >= 0.6 is 11.8 Å². The molecule has 1 fully saturated rings. The van der Waals surface area contributed by atoms with E-state index in [1.807, 2.05) is 0 Å². The first-order chi connectivity index (χ1) is 4.33. The fourth-order valence-electron chi connectivity index (χ4n) is 0.902. The van der Waals surface area contributed by atoms with Gasteiger partial charge < -0.3 is 0 Å². The number of ketones is 1. The highest BCUT2D eigenvalue weighted by Crippen LogP contribution is 2.12. The van der Waals surface area contributed by atoms with E-state index in [9.17, 15) is 4.79 Å². The third kappa shape index (κ3) is 1.79. The lowest BCUT2D eigenvalue weighted by Crippen LogP contribution is -2.12. The zero-order valence-electron chi connectivity index (χ0n) is 5.06. The third-order valence-electron chi connectivity index (χ3n) is 1.50. The zero-order chi connectivity index (χ0) is 6.69. The number of nitrogens with zero attached hydrogens (tertiary/aromatic N) is 1. The number of Topliss-reactive ketones (excluding diaryl/α,β-unsaturated/α-hetero) is 1. The van der Waals surface area contributed by atoms with Crippen molar-refractivity contribution in [2.24, 2.45) is 4.51 Å². The molecule has 0 aromatic heterocycles. The SMILES string of the molecule is O=C1CCC(=NCl)CC1. The lowest BCUT2D eigenvalue weighted by Gasteiger charge is -2.08. The standard InChI is InChI=1S/C6H8ClNO/c7-8-5-1-3-6(9)4-2-5/h1-4H2. The Morgan fingerprint density at radius 2 is 1.78 bits per heavy atom. The summed E-state index contributed by atoms with van der Waals surface area (Å²) in [5, 5.41) is 0. The molecular formula is C6H8ClNO. The van der Waals surface area contributed by atoms with Gasteiger partial charge in [-0.3, -0.25) is 4.79 Å². The molecule has 0 N–H and O–H groups in total. The Bertz CT molecular complexity index is 141. The minimum atomic E-state index is 0.332. The molecule has 0 saturated heterocycles. The fourth-order valence-corrected chi connectivity index (χ4v) is 1.07. The summed E-state index contributed by atoms with van der Waals surface area (Å²) in [6, 6.07) is 0. The van der Waals surface area contributed by atoms with Crippen molar-refractivity contribution in [2.45, 2.75) is 25.7 Å². The molecule has 0 heterocycles. The Morgan fingerprint density at radius 3 is 2.22 bits per heavy atom. The van der Waals surface area contributed by atoms with E-state index < -0.39 is 0 Å². The fraction of sp³-hybridized carbons (Fsp3) is 0.667. The maximum atomic E-state index is 10.6. The van der Waals surface area contributed by atoms with Gasteiger partial charge in [0.2, 0.25) is 0 Å². The van der Waals surface area contributed by atoms with Gasteiger partial charge in [0, 0.05) is 30.3 Å². The average molecular weight is 146 g/mol. The monoisotopic (exact) mass is 145 g/mol. The van der Waals surface area contributed by atoms with Crippen LogP contribution in [0.5, 0.6) is 0 Å². The Kier molecular flexibility index (Phi) is 2.22. The van der Waals surface area contributed by atoms with Gasteiger partial charge in [-0.1, -0.05) is 0 Å². The van der Waals surface area contributed by atoms with Crippen LogP contribution < -0.4 is 0 Å². The van der Waals surface area contributed by atoms with Crippen LogP contribution in [0.1, 0.15) is 25.7 Å². The smallest absolute Gasteiger partial charge is 0.133 e. The lowest BCUT2D eigenvalue weighted by molar-refractivity contribution is -0.119. The normalized spacial score (nSPS) is 20.1. The number of hydrogen-bond acceptors (Lipinski definition) is 2. The molecule has 0 aromatic carbocycles. The number of carbonyl (C=O) groups is 1. The summed E-state index contributed by atoms with van der Waals surface area (Å²) >= 11 is 5.20. The van der Waals surface area contributed by atoms with Crippen LogP contribution in [-0.4, -0.2) is 11.5 Å². The van der Waals surface area contributed by atoms with E-state index in [4.69, 9.17) is 11.8 Å². The Labute approximate surface area is 59.0 Å². The molecular weight excluding hydrogens is 138 g/mol. The minimum Gasteiger partial charge on any atom is -0.300 e. The van der Waals surface area contributed by atoms with E-state index >= 15 is 0 Å². The predicted molar refractivity (Wildman–Crippen MR) is 36.8 cm³/mol. The van der Waals surface area contributed by atoms with Crippen LogP contribution in [0.2, 0.25) is 0 Å². The number of halogens is 1. The van der Waals surface area contributed by atoms with E-state index in [1.165, 1.54) is 0 Å². The lowest BCUT2D eigenvalue weighted by atomic mass is 9.98. The molecule has 0 aliphatic heterocycles. The van der Waals surface area contributed by atoms with Crippen molar-refractivity contribution in [1.29, 1.82) is 0 Å². The Hall–Kier alpha value is -0.370. The van der Waals surface area contributed by atoms with Crippen LogP contribution in [-0.2, 0) is 4.79 Å². The van der Waals surface area contributed by atoms with Crippen LogP contribution in [0.25, 0.3) is 0 Å². The van der Waals surface area contributed by atoms with E-state index in [-0.39, 0.29) is 0 Å². The van der Waals surface area contributed by atoms with Gasteiger partial charge in [0.15, 0.2) is 0 Å².